The number of H-pyrrole nitrogens is 1. The van der Waals surface area contributed by atoms with Gasteiger partial charge in [-0.3, -0.25) is 41.5 Å². The molecule has 4 unspecified atom stereocenters. The van der Waals surface area contributed by atoms with Gasteiger partial charge in [0.2, 0.25) is 5.95 Å². The minimum Gasteiger partial charge on any atom is -0.394 e. The molecule has 7 heterocycles. The average molecular weight is 718 g/mol. The number of nitrogen functional groups attached to an aromatic ring is 2. The van der Waals surface area contributed by atoms with Crippen LogP contribution in [0.25, 0.3) is 22.3 Å². The Morgan fingerprint density at radius 3 is 2.40 bits per heavy atom. The Labute approximate surface area is 266 Å². The Balaban J connectivity index is 1.24. The first-order valence-electron chi connectivity index (χ1n) is 14.0. The first-order chi connectivity index (χ1) is 22.9. The van der Waals surface area contributed by atoms with Crippen molar-refractivity contribution < 1.29 is 61.4 Å². The molecule has 4 aromatic heterocycles. The fourth-order valence-corrected chi connectivity index (χ4v) is 7.83. The second kappa shape index (κ2) is 12.4. The molecular formula is C22H28N10O14P2. The minimum absolute atomic E-state index is 0.0350. The maximum Gasteiger partial charge on any atom is 0.475 e. The van der Waals surface area contributed by atoms with E-state index >= 15 is 0 Å². The second-order valence-electron chi connectivity index (χ2n) is 10.7. The van der Waals surface area contributed by atoms with Crippen LogP contribution in [-0.2, 0) is 41.2 Å². The number of nitrogens with one attached hydrogen (secondary N) is 1. The van der Waals surface area contributed by atoms with Crippen LogP contribution < -0.4 is 17.0 Å². The number of hydrogen-bond acceptors (Lipinski definition) is 20. The summed E-state index contributed by atoms with van der Waals surface area (Å²) < 4.78 is 68.6. The van der Waals surface area contributed by atoms with E-state index < -0.39 is 96.7 Å². The molecule has 0 amide bonds. The molecule has 0 saturated carbocycles. The van der Waals surface area contributed by atoms with Crippen LogP contribution in [0, 0.1) is 0 Å². The minimum atomic E-state index is -5.08. The van der Waals surface area contributed by atoms with Crippen LogP contribution in [0.15, 0.2) is 23.8 Å². The lowest BCUT2D eigenvalue weighted by molar-refractivity contribution is -0.0698. The number of phosphoric ester groups is 2. The quantitative estimate of drug-likeness (QED) is 0.106. The van der Waals surface area contributed by atoms with E-state index in [0.29, 0.717) is 0 Å². The van der Waals surface area contributed by atoms with Crippen molar-refractivity contribution in [3.63, 3.8) is 0 Å². The van der Waals surface area contributed by atoms with E-state index in [4.69, 9.17) is 43.6 Å². The van der Waals surface area contributed by atoms with Crippen molar-refractivity contribution >= 4 is 49.7 Å². The predicted octanol–water partition coefficient (Wildman–Crippen LogP) is -2.32. The Hall–Kier alpha value is -3.48. The van der Waals surface area contributed by atoms with Crippen molar-refractivity contribution in [2.75, 3.05) is 37.9 Å². The maximum absolute atomic E-state index is 14.1. The van der Waals surface area contributed by atoms with E-state index in [1.807, 2.05) is 0 Å². The Bertz CT molecular complexity index is 1990. The van der Waals surface area contributed by atoms with Gasteiger partial charge in [-0.25, -0.2) is 29.1 Å². The number of nitrogens with zero attached hydrogens (tertiary/aromatic N) is 7. The monoisotopic (exact) mass is 718 g/mol. The molecule has 7 rings (SSSR count). The topological polar surface area (TPSA) is 339 Å². The zero-order chi connectivity index (χ0) is 34.0. The molecule has 3 saturated heterocycles. The predicted molar refractivity (Wildman–Crippen MR) is 154 cm³/mol. The van der Waals surface area contributed by atoms with E-state index in [1.54, 1.807) is 0 Å². The molecule has 260 valence electrons. The van der Waals surface area contributed by atoms with E-state index in [1.165, 1.54) is 10.9 Å². The summed E-state index contributed by atoms with van der Waals surface area (Å²) in [5.74, 6) is -0.245. The molecule has 2 bridgehead atoms. The van der Waals surface area contributed by atoms with Crippen LogP contribution in [0.1, 0.15) is 12.5 Å². The first-order valence-corrected chi connectivity index (χ1v) is 17.0. The third-order valence-electron chi connectivity index (χ3n) is 7.65. The number of ether oxygens (including phenoxy) is 2. The van der Waals surface area contributed by atoms with E-state index in [2.05, 4.69) is 29.9 Å². The number of aliphatic hydroxyl groups is 3. The molecule has 24 nitrogen and oxygen atoms in total. The molecule has 9 N–H and O–H groups in total. The highest BCUT2D eigenvalue weighted by molar-refractivity contribution is 7.48. The van der Waals surface area contributed by atoms with Crippen molar-refractivity contribution in [1.29, 1.82) is 0 Å². The normalized spacial score (nSPS) is 36.1. The molecule has 3 fully saturated rings. The van der Waals surface area contributed by atoms with Crippen LogP contribution in [0.3, 0.4) is 0 Å². The van der Waals surface area contributed by atoms with Gasteiger partial charge in [0.1, 0.15) is 48.5 Å². The van der Waals surface area contributed by atoms with Crippen LogP contribution >= 0.6 is 15.6 Å². The number of imidazole rings is 2. The largest absolute Gasteiger partial charge is 0.475 e. The lowest BCUT2D eigenvalue weighted by Gasteiger charge is -2.27. The summed E-state index contributed by atoms with van der Waals surface area (Å²) in [5, 5.41) is 31.9. The van der Waals surface area contributed by atoms with Crippen molar-refractivity contribution in [2.45, 2.75) is 49.1 Å². The number of nitrogens with two attached hydrogens (primary N) is 2. The van der Waals surface area contributed by atoms with Gasteiger partial charge in [0.15, 0.2) is 35.1 Å². The molecule has 4 aromatic rings. The summed E-state index contributed by atoms with van der Waals surface area (Å²) in [5.41, 5.74) is 10.9. The highest BCUT2D eigenvalue weighted by atomic mass is 31.2. The van der Waals surface area contributed by atoms with Crippen molar-refractivity contribution in [3.05, 3.63) is 29.3 Å². The summed E-state index contributed by atoms with van der Waals surface area (Å²) in [4.78, 5) is 45.5. The summed E-state index contributed by atoms with van der Waals surface area (Å²) in [6.07, 6.45) is -9.05. The molecule has 0 aliphatic carbocycles. The fourth-order valence-electron chi connectivity index (χ4n) is 5.51. The highest BCUT2D eigenvalue weighted by Gasteiger charge is 2.54. The number of phosphoric acid groups is 2. The number of fused-ring (bicyclic) bond motifs is 5. The number of rotatable bonds is 5. The highest BCUT2D eigenvalue weighted by Crippen LogP contribution is 2.56. The molecule has 48 heavy (non-hydrogen) atoms. The van der Waals surface area contributed by atoms with Gasteiger partial charge < -0.3 is 41.2 Å². The molecule has 0 aromatic carbocycles. The van der Waals surface area contributed by atoms with Crippen molar-refractivity contribution in [3.8, 4) is 0 Å². The van der Waals surface area contributed by atoms with Crippen LogP contribution in [0.4, 0.5) is 11.8 Å². The van der Waals surface area contributed by atoms with Gasteiger partial charge in [-0.2, -0.15) is 4.98 Å². The molecule has 0 radical (unpaired) electrons. The van der Waals surface area contributed by atoms with Gasteiger partial charge in [-0.05, 0) is 0 Å². The number of aromatic amines is 1. The third kappa shape index (κ3) is 5.89. The summed E-state index contributed by atoms with van der Waals surface area (Å²) in [6, 6.07) is 0. The van der Waals surface area contributed by atoms with Crippen molar-refractivity contribution in [1.82, 2.24) is 39.0 Å². The van der Waals surface area contributed by atoms with Gasteiger partial charge in [0, 0.05) is 0 Å². The molecule has 3 aliphatic heterocycles. The summed E-state index contributed by atoms with van der Waals surface area (Å²) in [6.45, 7) is -2.78. The fraction of sp³-hybridized carbons (Fsp3) is 0.545. The average Bonchev–Trinajstić information content (AvgIpc) is 3.80. The summed E-state index contributed by atoms with van der Waals surface area (Å²) in [7, 11) is -9.90. The SMILES string of the molecule is Nc1nc2c(ncn2[C@@H]2O[C@@H]3COP(=O)(O)OC4[C@@H](COP(=O)(OCCO)O[C@H]2C3O)O[C@@H](n2cnc3c(N)ncnc32)[C@H]4O)c(=O)[nH]1. The number of anilines is 2. The maximum atomic E-state index is 14.1. The lowest BCUT2D eigenvalue weighted by Crippen LogP contribution is -2.36. The molecule has 0 spiro atoms. The smallest absolute Gasteiger partial charge is 0.394 e. The third-order valence-corrected chi connectivity index (χ3v) is 10.1. The van der Waals surface area contributed by atoms with Crippen LogP contribution in [0.2, 0.25) is 0 Å². The molecule has 3 aliphatic rings. The number of aromatic nitrogens is 8. The molecular weight excluding hydrogens is 690 g/mol. The van der Waals surface area contributed by atoms with Crippen LogP contribution in [0.5, 0.6) is 0 Å². The Kier molecular flexibility index (Phi) is 8.56. The van der Waals surface area contributed by atoms with E-state index in [0.717, 1.165) is 17.2 Å². The van der Waals surface area contributed by atoms with Gasteiger partial charge in [0.25, 0.3) is 5.56 Å². The second-order valence-corrected chi connectivity index (χ2v) is 13.7. The standard InChI is InChI=1S/C22H28N10O14P2/c23-16-10-17(26-5-25-16)31(6-27-10)20-13(35)14-9(44-20)4-42-48(39,40-2-1-33)46-15-12(34)8(3-41-47(37,38)45-14)43-21(15)32-7-28-11-18(32)29-22(24)30-19(11)36/h5-9,12-15,20-21,33-35H,1-4H2,(H,37,38)(H2,23,25,26)(H3,24,29,30,36)/t8-,9-,12?,13+,14?,15+,20-,21-,48?/m1/s1. The number of hydrogen-bond donors (Lipinski definition) is 7. The van der Waals surface area contributed by atoms with Crippen molar-refractivity contribution in [2.24, 2.45) is 0 Å². The van der Waals surface area contributed by atoms with Gasteiger partial charge in [0.05, 0.1) is 39.1 Å². The zero-order valence-electron chi connectivity index (χ0n) is 24.2. The molecule has 10 atom stereocenters. The Morgan fingerprint density at radius 2 is 1.62 bits per heavy atom. The van der Waals surface area contributed by atoms with Crippen LogP contribution in [-0.4, -0.2) is 122 Å². The summed E-state index contributed by atoms with van der Waals surface area (Å²) >= 11 is 0. The first kappa shape index (κ1) is 33.0. The van der Waals surface area contributed by atoms with Gasteiger partial charge >= 0.3 is 15.6 Å². The lowest BCUT2D eigenvalue weighted by atomic mass is 10.1. The van der Waals surface area contributed by atoms with E-state index in [-0.39, 0.29) is 34.1 Å². The van der Waals surface area contributed by atoms with Gasteiger partial charge in [-0.1, -0.05) is 0 Å². The number of aliphatic hydroxyl groups excluding tert-OH is 3. The van der Waals surface area contributed by atoms with E-state index in [9.17, 15) is 34.1 Å². The van der Waals surface area contributed by atoms with Gasteiger partial charge in [-0.15, -0.1) is 0 Å². The zero-order valence-corrected chi connectivity index (χ0v) is 26.0. The molecule has 26 heteroatoms. The Morgan fingerprint density at radius 1 is 0.917 bits per heavy atom.